The molecule has 0 aliphatic heterocycles. The molecule has 1 atom stereocenters. The van der Waals surface area contributed by atoms with Gasteiger partial charge in [-0.25, -0.2) is 4.39 Å². The monoisotopic (exact) mass is 307 g/mol. The maximum Gasteiger partial charge on any atom is 0.167 e. The van der Waals surface area contributed by atoms with E-state index in [1.165, 1.54) is 6.07 Å². The summed E-state index contributed by atoms with van der Waals surface area (Å²) >= 11 is 5.90. The smallest absolute Gasteiger partial charge is 0.167 e. The molecular formula is C17H19ClFNO. The third-order valence-electron chi connectivity index (χ3n) is 3.25. The molecule has 0 amide bonds. The Labute approximate surface area is 129 Å². The van der Waals surface area contributed by atoms with Gasteiger partial charge in [-0.05, 0) is 43.2 Å². The number of ether oxygens (including phenoxy) is 1. The van der Waals surface area contributed by atoms with Crippen molar-refractivity contribution in [1.29, 1.82) is 0 Å². The van der Waals surface area contributed by atoms with Crippen LogP contribution in [0.2, 0.25) is 5.02 Å². The zero-order valence-electron chi connectivity index (χ0n) is 12.2. The first-order valence-electron chi connectivity index (χ1n) is 7.08. The molecule has 0 spiro atoms. The summed E-state index contributed by atoms with van der Waals surface area (Å²) in [6.45, 7) is 4.36. The summed E-state index contributed by atoms with van der Waals surface area (Å²) in [4.78, 5) is 0. The van der Waals surface area contributed by atoms with E-state index in [0.29, 0.717) is 11.6 Å². The van der Waals surface area contributed by atoms with E-state index in [0.717, 1.165) is 17.7 Å². The Balaban J connectivity index is 2.15. The molecule has 2 nitrogen and oxygen atoms in total. The minimum absolute atomic E-state index is 0.111. The number of nitrogens with one attached hydrogen (secondary N) is 1. The zero-order valence-corrected chi connectivity index (χ0v) is 13.0. The predicted molar refractivity (Wildman–Crippen MR) is 85.7 cm³/mol. The fourth-order valence-corrected chi connectivity index (χ4v) is 2.31. The molecule has 1 unspecified atom stereocenters. The molecule has 0 saturated heterocycles. The third-order valence-corrected chi connectivity index (χ3v) is 3.51. The minimum Gasteiger partial charge on any atom is -0.491 e. The second-order valence-electron chi connectivity index (χ2n) is 4.73. The molecule has 1 N–H and O–H groups in total. The van der Waals surface area contributed by atoms with Gasteiger partial charge in [-0.3, -0.25) is 0 Å². The van der Waals surface area contributed by atoms with Crippen molar-refractivity contribution in [3.8, 4) is 5.75 Å². The van der Waals surface area contributed by atoms with Crippen LogP contribution in [0, 0.1) is 5.82 Å². The van der Waals surface area contributed by atoms with E-state index < -0.39 is 0 Å². The van der Waals surface area contributed by atoms with Gasteiger partial charge in [0.15, 0.2) is 11.6 Å². The highest BCUT2D eigenvalue weighted by Crippen LogP contribution is 2.27. The summed E-state index contributed by atoms with van der Waals surface area (Å²) in [6.07, 6.45) is 0.885. The van der Waals surface area contributed by atoms with Crippen LogP contribution >= 0.6 is 11.6 Å². The minimum atomic E-state index is -0.354. The van der Waals surface area contributed by atoms with Crippen LogP contribution in [0.1, 0.15) is 31.9 Å². The first-order valence-corrected chi connectivity index (χ1v) is 7.46. The van der Waals surface area contributed by atoms with Gasteiger partial charge in [0, 0.05) is 16.8 Å². The van der Waals surface area contributed by atoms with Crippen molar-refractivity contribution in [2.24, 2.45) is 0 Å². The van der Waals surface area contributed by atoms with Crippen molar-refractivity contribution in [2.75, 3.05) is 11.9 Å². The average molecular weight is 308 g/mol. The number of hydrogen-bond acceptors (Lipinski definition) is 2. The normalized spacial score (nSPS) is 12.0. The molecule has 0 fully saturated rings. The van der Waals surface area contributed by atoms with E-state index >= 15 is 0 Å². The van der Waals surface area contributed by atoms with Crippen molar-refractivity contribution >= 4 is 17.3 Å². The molecular weight excluding hydrogens is 289 g/mol. The molecule has 0 saturated carbocycles. The Morgan fingerprint density at radius 2 is 1.86 bits per heavy atom. The lowest BCUT2D eigenvalue weighted by atomic mass is 10.0. The van der Waals surface area contributed by atoms with Gasteiger partial charge in [0.1, 0.15) is 0 Å². The van der Waals surface area contributed by atoms with Crippen molar-refractivity contribution in [3.05, 3.63) is 58.9 Å². The fraction of sp³-hybridized carbons (Fsp3) is 0.294. The maximum absolute atomic E-state index is 13.9. The van der Waals surface area contributed by atoms with E-state index in [1.54, 1.807) is 6.07 Å². The van der Waals surface area contributed by atoms with Gasteiger partial charge < -0.3 is 10.1 Å². The zero-order chi connectivity index (χ0) is 15.2. The third kappa shape index (κ3) is 4.11. The van der Waals surface area contributed by atoms with Crippen LogP contribution < -0.4 is 10.1 Å². The lowest BCUT2D eigenvalue weighted by Crippen LogP contribution is -2.09. The molecule has 2 aromatic rings. The lowest BCUT2D eigenvalue weighted by molar-refractivity contribution is 0.321. The van der Waals surface area contributed by atoms with Crippen LogP contribution in [0.5, 0.6) is 5.75 Å². The Kier molecular flexibility index (Phi) is 5.45. The van der Waals surface area contributed by atoms with Gasteiger partial charge in [-0.2, -0.15) is 0 Å². The molecule has 21 heavy (non-hydrogen) atoms. The maximum atomic E-state index is 13.9. The first kappa shape index (κ1) is 15.6. The van der Waals surface area contributed by atoms with Crippen molar-refractivity contribution in [3.63, 3.8) is 0 Å². The average Bonchev–Trinajstić information content (AvgIpc) is 2.48. The SMILES string of the molecule is CCOc1ccc(NC(CC)c2ccc(Cl)cc2)cc1F. The summed E-state index contributed by atoms with van der Waals surface area (Å²) in [6, 6.07) is 12.7. The second kappa shape index (κ2) is 7.32. The van der Waals surface area contributed by atoms with Crippen LogP contribution in [0.25, 0.3) is 0 Å². The van der Waals surface area contributed by atoms with E-state index in [4.69, 9.17) is 16.3 Å². The number of benzene rings is 2. The van der Waals surface area contributed by atoms with Crippen LogP contribution in [-0.2, 0) is 0 Å². The van der Waals surface area contributed by atoms with Gasteiger partial charge in [-0.1, -0.05) is 30.7 Å². The second-order valence-corrected chi connectivity index (χ2v) is 5.17. The predicted octanol–water partition coefficient (Wildman–Crippen LogP) is 5.44. The number of halogens is 2. The van der Waals surface area contributed by atoms with E-state index in [9.17, 15) is 4.39 Å². The van der Waals surface area contributed by atoms with E-state index in [2.05, 4.69) is 12.2 Å². The highest BCUT2D eigenvalue weighted by Gasteiger charge is 2.11. The standard InChI is InChI=1S/C17H19ClFNO/c1-3-16(12-5-7-13(18)8-6-12)20-14-9-10-17(21-4-2)15(19)11-14/h5-11,16,20H,3-4H2,1-2H3. The van der Waals surface area contributed by atoms with E-state index in [-0.39, 0.29) is 17.6 Å². The molecule has 0 aliphatic rings. The summed E-state index contributed by atoms with van der Waals surface area (Å²) in [7, 11) is 0. The van der Waals surface area contributed by atoms with Crippen molar-refractivity contribution in [2.45, 2.75) is 26.3 Å². The highest BCUT2D eigenvalue weighted by molar-refractivity contribution is 6.30. The van der Waals surface area contributed by atoms with Gasteiger partial charge in [0.05, 0.1) is 12.6 Å². The number of rotatable bonds is 6. The molecule has 0 heterocycles. The van der Waals surface area contributed by atoms with Gasteiger partial charge in [-0.15, -0.1) is 0 Å². The van der Waals surface area contributed by atoms with Gasteiger partial charge in [0.25, 0.3) is 0 Å². The quantitative estimate of drug-likeness (QED) is 0.767. The van der Waals surface area contributed by atoms with Gasteiger partial charge in [0.2, 0.25) is 0 Å². The topological polar surface area (TPSA) is 21.3 Å². The Hall–Kier alpha value is -1.74. The Morgan fingerprint density at radius 1 is 1.14 bits per heavy atom. The molecule has 4 heteroatoms. The molecule has 2 aromatic carbocycles. The van der Waals surface area contributed by atoms with E-state index in [1.807, 2.05) is 37.3 Å². The highest BCUT2D eigenvalue weighted by atomic mass is 35.5. The Morgan fingerprint density at radius 3 is 2.43 bits per heavy atom. The van der Waals surface area contributed by atoms with Crippen LogP contribution in [-0.4, -0.2) is 6.61 Å². The summed E-state index contributed by atoms with van der Waals surface area (Å²) in [5.74, 6) is -0.0737. The largest absolute Gasteiger partial charge is 0.491 e. The molecule has 0 bridgehead atoms. The van der Waals surface area contributed by atoms with Gasteiger partial charge >= 0.3 is 0 Å². The molecule has 0 aromatic heterocycles. The van der Waals surface area contributed by atoms with Crippen LogP contribution in [0.15, 0.2) is 42.5 Å². The summed E-state index contributed by atoms with van der Waals surface area (Å²) < 4.78 is 19.1. The first-order chi connectivity index (χ1) is 10.1. The number of hydrogen-bond donors (Lipinski definition) is 1. The fourth-order valence-electron chi connectivity index (χ4n) is 2.18. The summed E-state index contributed by atoms with van der Waals surface area (Å²) in [5, 5.41) is 4.04. The molecule has 112 valence electrons. The van der Waals surface area contributed by atoms with Crippen LogP contribution in [0.4, 0.5) is 10.1 Å². The summed E-state index contributed by atoms with van der Waals surface area (Å²) in [5.41, 5.74) is 1.86. The molecule has 0 radical (unpaired) electrons. The number of anilines is 1. The van der Waals surface area contributed by atoms with Crippen molar-refractivity contribution in [1.82, 2.24) is 0 Å². The lowest BCUT2D eigenvalue weighted by Gasteiger charge is -2.19. The van der Waals surface area contributed by atoms with Crippen LogP contribution in [0.3, 0.4) is 0 Å². The Bertz CT molecular complexity index is 586. The van der Waals surface area contributed by atoms with Crippen molar-refractivity contribution < 1.29 is 9.13 Å². The molecule has 2 rings (SSSR count). The molecule has 0 aliphatic carbocycles.